The third-order valence-electron chi connectivity index (χ3n) is 2.53. The van der Waals surface area contributed by atoms with E-state index in [0.717, 1.165) is 10.9 Å². The minimum atomic E-state index is -0.736. The first kappa shape index (κ1) is 11.3. The van der Waals surface area contributed by atoms with E-state index in [1.807, 2.05) is 24.3 Å². The Bertz CT molecular complexity index is 586. The second-order valence-corrected chi connectivity index (χ2v) is 3.61. The lowest BCUT2D eigenvalue weighted by Gasteiger charge is -2.03. The zero-order valence-corrected chi connectivity index (χ0v) is 9.34. The van der Waals surface area contributed by atoms with Crippen molar-refractivity contribution < 1.29 is 14.3 Å². The fraction of sp³-hybridized carbons (Fsp3) is 0.167. The van der Waals surface area contributed by atoms with Gasteiger partial charge in [0.2, 0.25) is 0 Å². The number of rotatable bonds is 2. The second-order valence-electron chi connectivity index (χ2n) is 3.61. The second kappa shape index (κ2) is 4.39. The zero-order chi connectivity index (χ0) is 12.4. The Kier molecular flexibility index (Phi) is 2.93. The number of esters is 2. The lowest BCUT2D eigenvalue weighted by atomic mass is 10.2. The molecule has 0 aliphatic carbocycles. The number of carbonyl (C=O) groups excluding carboxylic acids is 2. The number of hydrogen-bond donors (Lipinski definition) is 1. The van der Waals surface area contributed by atoms with Crippen molar-refractivity contribution in [2.24, 2.45) is 12.8 Å². The number of hydrogen-bond acceptors (Lipinski definition) is 4. The summed E-state index contributed by atoms with van der Waals surface area (Å²) in [5.41, 5.74) is 6.31. The van der Waals surface area contributed by atoms with Crippen molar-refractivity contribution >= 4 is 22.8 Å². The number of nitrogens with zero attached hydrogens (tertiary/aromatic N) is 1. The van der Waals surface area contributed by atoms with Gasteiger partial charge in [0.1, 0.15) is 5.69 Å². The van der Waals surface area contributed by atoms with E-state index >= 15 is 0 Å². The van der Waals surface area contributed by atoms with E-state index in [0.29, 0.717) is 5.69 Å². The number of aryl methyl sites for hydroxylation is 1. The minimum Gasteiger partial charge on any atom is -0.387 e. The highest BCUT2D eigenvalue weighted by Gasteiger charge is 2.16. The van der Waals surface area contributed by atoms with Crippen LogP contribution in [0.2, 0.25) is 0 Å². The van der Waals surface area contributed by atoms with Crippen molar-refractivity contribution in [1.82, 2.24) is 4.57 Å². The molecule has 0 unspecified atom stereocenters. The number of para-hydroxylation sites is 1. The molecule has 5 heteroatoms. The molecule has 0 fully saturated rings. The molecular weight excluding hydrogens is 220 g/mol. The molecule has 0 saturated heterocycles. The van der Waals surface area contributed by atoms with Gasteiger partial charge >= 0.3 is 11.9 Å². The average molecular weight is 232 g/mol. The molecule has 0 bridgehead atoms. The third-order valence-corrected chi connectivity index (χ3v) is 2.53. The van der Waals surface area contributed by atoms with Crippen LogP contribution in [0.15, 0.2) is 30.3 Å². The summed E-state index contributed by atoms with van der Waals surface area (Å²) in [6.45, 7) is -0.310. The van der Waals surface area contributed by atoms with Crippen molar-refractivity contribution in [2.75, 3.05) is 6.54 Å². The third kappa shape index (κ3) is 2.05. The van der Waals surface area contributed by atoms with Crippen molar-refractivity contribution in [3.63, 3.8) is 0 Å². The fourth-order valence-corrected chi connectivity index (χ4v) is 1.68. The molecule has 0 atom stereocenters. The maximum Gasteiger partial charge on any atom is 0.362 e. The molecule has 2 aromatic rings. The van der Waals surface area contributed by atoms with E-state index in [2.05, 4.69) is 4.74 Å². The van der Waals surface area contributed by atoms with Gasteiger partial charge < -0.3 is 15.0 Å². The largest absolute Gasteiger partial charge is 0.387 e. The predicted molar refractivity (Wildman–Crippen MR) is 62.4 cm³/mol. The molecule has 0 aliphatic rings. The first-order chi connectivity index (χ1) is 8.13. The van der Waals surface area contributed by atoms with E-state index in [4.69, 9.17) is 5.73 Å². The average Bonchev–Trinajstić information content (AvgIpc) is 2.67. The minimum absolute atomic E-state index is 0.310. The maximum absolute atomic E-state index is 11.7. The molecule has 0 amide bonds. The van der Waals surface area contributed by atoms with Crippen LogP contribution in [0.3, 0.4) is 0 Å². The quantitative estimate of drug-likeness (QED) is 0.614. The van der Waals surface area contributed by atoms with Crippen LogP contribution in [-0.4, -0.2) is 23.1 Å². The molecule has 2 N–H and O–H groups in total. The first-order valence-electron chi connectivity index (χ1n) is 5.13. The number of ether oxygens (including phenoxy) is 1. The van der Waals surface area contributed by atoms with Crippen LogP contribution in [0.1, 0.15) is 10.5 Å². The lowest BCUT2D eigenvalue weighted by Crippen LogP contribution is -2.21. The summed E-state index contributed by atoms with van der Waals surface area (Å²) in [6, 6.07) is 9.21. The molecule has 1 aromatic heterocycles. The number of nitrogens with two attached hydrogens (primary N) is 1. The highest BCUT2D eigenvalue weighted by Crippen LogP contribution is 2.18. The summed E-state index contributed by atoms with van der Waals surface area (Å²) in [4.78, 5) is 22.6. The number of fused-ring (bicyclic) bond motifs is 1. The smallest absolute Gasteiger partial charge is 0.362 e. The molecule has 2 rings (SSSR count). The molecule has 5 nitrogen and oxygen atoms in total. The van der Waals surface area contributed by atoms with E-state index < -0.39 is 11.9 Å². The Balaban J connectivity index is 2.39. The summed E-state index contributed by atoms with van der Waals surface area (Å²) >= 11 is 0. The van der Waals surface area contributed by atoms with E-state index in [9.17, 15) is 9.59 Å². The highest BCUT2D eigenvalue weighted by atomic mass is 16.6. The number of aromatic nitrogens is 1. The summed E-state index contributed by atoms with van der Waals surface area (Å²) in [5, 5.41) is 0.919. The van der Waals surface area contributed by atoms with Crippen LogP contribution in [0, 0.1) is 0 Å². The van der Waals surface area contributed by atoms with Crippen LogP contribution in [0.5, 0.6) is 0 Å². The highest BCUT2D eigenvalue weighted by molar-refractivity contribution is 6.00. The standard InChI is InChI=1S/C12H12N2O3/c1-14-9-5-3-2-4-8(9)6-10(14)12(16)17-11(15)7-13/h2-6H,7,13H2,1H3. The molecule has 0 aliphatic heterocycles. The SMILES string of the molecule is Cn1c(C(=O)OC(=O)CN)cc2ccccc21. The Labute approximate surface area is 97.8 Å². The zero-order valence-electron chi connectivity index (χ0n) is 9.34. The van der Waals surface area contributed by atoms with Gasteiger partial charge in [0.05, 0.1) is 6.54 Å². The van der Waals surface area contributed by atoms with Crippen LogP contribution in [0.4, 0.5) is 0 Å². The van der Waals surface area contributed by atoms with Crippen molar-refractivity contribution in [2.45, 2.75) is 0 Å². The van der Waals surface area contributed by atoms with Gasteiger partial charge in [-0.05, 0) is 12.1 Å². The van der Waals surface area contributed by atoms with Crippen molar-refractivity contribution in [3.05, 3.63) is 36.0 Å². The Hall–Kier alpha value is -2.14. The van der Waals surface area contributed by atoms with Crippen LogP contribution in [0.25, 0.3) is 10.9 Å². The van der Waals surface area contributed by atoms with E-state index in [1.165, 1.54) is 0 Å². The van der Waals surface area contributed by atoms with E-state index in [-0.39, 0.29) is 6.54 Å². The van der Waals surface area contributed by atoms with Crippen molar-refractivity contribution in [3.8, 4) is 0 Å². The van der Waals surface area contributed by atoms with Gasteiger partial charge in [-0.25, -0.2) is 4.79 Å². The Morgan fingerprint density at radius 2 is 2.06 bits per heavy atom. The molecule has 0 saturated carbocycles. The maximum atomic E-state index is 11.7. The van der Waals surface area contributed by atoms with Crippen LogP contribution >= 0.6 is 0 Å². The van der Waals surface area contributed by atoms with Gasteiger partial charge in [-0.3, -0.25) is 4.79 Å². The number of benzene rings is 1. The molecule has 1 aromatic carbocycles. The van der Waals surface area contributed by atoms with E-state index in [1.54, 1.807) is 17.7 Å². The summed E-state index contributed by atoms with van der Waals surface area (Å²) in [5.74, 6) is -1.42. The Morgan fingerprint density at radius 1 is 1.35 bits per heavy atom. The Morgan fingerprint density at radius 3 is 2.71 bits per heavy atom. The topological polar surface area (TPSA) is 74.3 Å². The van der Waals surface area contributed by atoms with Gasteiger partial charge in [0.25, 0.3) is 0 Å². The van der Waals surface area contributed by atoms with Crippen molar-refractivity contribution in [1.29, 1.82) is 0 Å². The normalized spacial score (nSPS) is 10.5. The lowest BCUT2D eigenvalue weighted by molar-refractivity contribution is -0.136. The molecule has 1 heterocycles. The van der Waals surface area contributed by atoms with Gasteiger partial charge in [-0.15, -0.1) is 0 Å². The van der Waals surface area contributed by atoms with Gasteiger partial charge in [-0.2, -0.15) is 0 Å². The molecular formula is C12H12N2O3. The summed E-state index contributed by atoms with van der Waals surface area (Å²) in [7, 11) is 1.74. The van der Waals surface area contributed by atoms with Gasteiger partial charge in [0, 0.05) is 18.0 Å². The summed E-state index contributed by atoms with van der Waals surface area (Å²) in [6.07, 6.45) is 0. The molecule has 0 radical (unpaired) electrons. The fourth-order valence-electron chi connectivity index (χ4n) is 1.68. The molecule has 88 valence electrons. The molecule has 0 spiro atoms. The summed E-state index contributed by atoms with van der Waals surface area (Å²) < 4.78 is 6.25. The van der Waals surface area contributed by atoms with Crippen LogP contribution < -0.4 is 5.73 Å². The predicted octanol–water partition coefficient (Wildman–Crippen LogP) is 0.820. The van der Waals surface area contributed by atoms with Gasteiger partial charge in [0.15, 0.2) is 0 Å². The molecule has 17 heavy (non-hydrogen) atoms. The number of carbonyl (C=O) groups is 2. The monoisotopic (exact) mass is 232 g/mol. The van der Waals surface area contributed by atoms with Gasteiger partial charge in [-0.1, -0.05) is 18.2 Å². The first-order valence-corrected chi connectivity index (χ1v) is 5.13. The van der Waals surface area contributed by atoms with Crippen LogP contribution in [-0.2, 0) is 16.6 Å².